The zero-order valence-electron chi connectivity index (χ0n) is 16.7. The molecule has 0 amide bonds. The molecule has 7 heteroatoms. The zero-order chi connectivity index (χ0) is 20.8. The van der Waals surface area contributed by atoms with E-state index in [2.05, 4.69) is 17.1 Å². The van der Waals surface area contributed by atoms with Crippen LogP contribution in [0.1, 0.15) is 18.4 Å². The number of anilines is 1. The Balaban J connectivity index is 1.42. The van der Waals surface area contributed by atoms with Crippen molar-refractivity contribution in [2.75, 3.05) is 18.1 Å². The summed E-state index contributed by atoms with van der Waals surface area (Å²) < 4.78 is 13.7. The van der Waals surface area contributed by atoms with Crippen LogP contribution in [0.15, 0.2) is 67.3 Å². The highest BCUT2D eigenvalue weighted by atomic mass is 35.5. The van der Waals surface area contributed by atoms with Crippen LogP contribution in [0.5, 0.6) is 5.75 Å². The van der Waals surface area contributed by atoms with Crippen molar-refractivity contribution < 1.29 is 9.47 Å². The van der Waals surface area contributed by atoms with Crippen molar-refractivity contribution >= 4 is 23.3 Å². The molecular formula is C23H25ClN4O2. The molecule has 1 aromatic heterocycles. The summed E-state index contributed by atoms with van der Waals surface area (Å²) in [6, 6.07) is 16.0. The van der Waals surface area contributed by atoms with E-state index in [1.807, 2.05) is 58.4 Å². The molecule has 1 atom stereocenters. The van der Waals surface area contributed by atoms with E-state index in [-0.39, 0.29) is 12.1 Å². The van der Waals surface area contributed by atoms with Crippen molar-refractivity contribution in [1.29, 1.82) is 5.41 Å². The summed E-state index contributed by atoms with van der Waals surface area (Å²) in [5.74, 6) is 0.810. The van der Waals surface area contributed by atoms with Crippen LogP contribution >= 0.6 is 11.6 Å². The number of aromatic nitrogens is 2. The number of nitrogens with zero attached hydrogens (tertiary/aromatic N) is 3. The predicted molar refractivity (Wildman–Crippen MR) is 118 cm³/mol. The zero-order valence-corrected chi connectivity index (χ0v) is 17.5. The van der Waals surface area contributed by atoms with E-state index >= 15 is 0 Å². The largest absolute Gasteiger partial charge is 0.489 e. The molecule has 0 saturated carbocycles. The highest BCUT2D eigenvalue weighted by molar-refractivity contribution is 6.30. The summed E-state index contributed by atoms with van der Waals surface area (Å²) in [7, 11) is 0. The molecule has 6 nitrogen and oxygen atoms in total. The van der Waals surface area contributed by atoms with E-state index in [0.717, 1.165) is 48.8 Å². The fourth-order valence-corrected chi connectivity index (χ4v) is 3.64. The normalized spacial score (nSPS) is 15.0. The molecule has 0 aliphatic carbocycles. The van der Waals surface area contributed by atoms with Crippen LogP contribution < -0.4 is 9.64 Å². The Morgan fingerprint density at radius 2 is 1.93 bits per heavy atom. The maximum Gasteiger partial charge on any atom is 0.288 e. The molecule has 1 N–H and O–H groups in total. The van der Waals surface area contributed by atoms with Gasteiger partial charge in [0.2, 0.25) is 0 Å². The van der Waals surface area contributed by atoms with E-state index < -0.39 is 0 Å². The van der Waals surface area contributed by atoms with Crippen LogP contribution in [0.3, 0.4) is 0 Å². The molecule has 1 unspecified atom stereocenters. The summed E-state index contributed by atoms with van der Waals surface area (Å²) in [5, 5.41) is 8.71. The smallest absolute Gasteiger partial charge is 0.288 e. The standard InChI is InChI=1S/C23H25ClN4O2/c24-19-5-2-18(3-6-19)4-9-22(16-27-14-12-26-17-27)30-21-10-7-20(8-11-21)28-13-1-15-29-23(28)25/h2-3,5-8,10-12,14,17,22,25H,1,4,9,13,15-16H2. The molecular weight excluding hydrogens is 400 g/mol. The van der Waals surface area contributed by atoms with Gasteiger partial charge in [0.05, 0.1) is 19.5 Å². The number of ether oxygens (including phenoxy) is 2. The Kier molecular flexibility index (Phi) is 6.54. The van der Waals surface area contributed by atoms with E-state index in [9.17, 15) is 0 Å². The highest BCUT2D eigenvalue weighted by Gasteiger charge is 2.18. The van der Waals surface area contributed by atoms with Crippen LogP contribution in [0.2, 0.25) is 5.02 Å². The molecule has 2 aromatic carbocycles. The summed E-state index contributed by atoms with van der Waals surface area (Å²) in [5.41, 5.74) is 2.18. The van der Waals surface area contributed by atoms with Crippen molar-refractivity contribution in [3.05, 3.63) is 77.8 Å². The van der Waals surface area contributed by atoms with Gasteiger partial charge in [-0.05, 0) is 61.2 Å². The number of rotatable bonds is 8. The van der Waals surface area contributed by atoms with Gasteiger partial charge in [-0.2, -0.15) is 0 Å². The SMILES string of the molecule is N=C1OCCCN1c1ccc(OC(CCc2ccc(Cl)cc2)Cn2ccnc2)cc1. The van der Waals surface area contributed by atoms with E-state index in [0.29, 0.717) is 6.61 Å². The number of halogens is 1. The third-order valence-electron chi connectivity index (χ3n) is 5.10. The Bertz CT molecular complexity index is 942. The first kappa shape index (κ1) is 20.3. The Hall–Kier alpha value is -2.99. The van der Waals surface area contributed by atoms with Gasteiger partial charge in [0.1, 0.15) is 11.9 Å². The minimum atomic E-state index is -0.00246. The first-order valence-electron chi connectivity index (χ1n) is 10.1. The lowest BCUT2D eigenvalue weighted by Crippen LogP contribution is -2.38. The molecule has 1 fully saturated rings. The minimum Gasteiger partial charge on any atom is -0.489 e. The van der Waals surface area contributed by atoms with Crippen LogP contribution in [0, 0.1) is 5.41 Å². The second kappa shape index (κ2) is 9.67. The molecule has 156 valence electrons. The maximum atomic E-state index is 7.97. The molecule has 4 rings (SSSR count). The van der Waals surface area contributed by atoms with Crippen molar-refractivity contribution in [1.82, 2.24) is 9.55 Å². The van der Waals surface area contributed by atoms with Gasteiger partial charge in [-0.25, -0.2) is 4.98 Å². The van der Waals surface area contributed by atoms with Crippen molar-refractivity contribution in [3.63, 3.8) is 0 Å². The summed E-state index contributed by atoms with van der Waals surface area (Å²) in [4.78, 5) is 6.01. The number of hydrogen-bond donors (Lipinski definition) is 1. The van der Waals surface area contributed by atoms with Gasteiger partial charge in [-0.1, -0.05) is 23.7 Å². The van der Waals surface area contributed by atoms with Crippen molar-refractivity contribution in [3.8, 4) is 5.75 Å². The van der Waals surface area contributed by atoms with E-state index in [1.165, 1.54) is 5.56 Å². The number of nitrogens with one attached hydrogen (secondary N) is 1. The fourth-order valence-electron chi connectivity index (χ4n) is 3.51. The number of benzene rings is 2. The first-order chi connectivity index (χ1) is 14.7. The molecule has 0 radical (unpaired) electrons. The lowest BCUT2D eigenvalue weighted by Gasteiger charge is -2.29. The van der Waals surface area contributed by atoms with Crippen molar-refractivity contribution in [2.45, 2.75) is 31.9 Å². The molecule has 1 saturated heterocycles. The maximum absolute atomic E-state index is 7.97. The fraction of sp³-hybridized carbons (Fsp3) is 0.304. The number of aryl methyl sites for hydroxylation is 1. The molecule has 3 aromatic rings. The van der Waals surface area contributed by atoms with Gasteiger partial charge in [0, 0.05) is 29.6 Å². The monoisotopic (exact) mass is 424 g/mol. The summed E-state index contributed by atoms with van der Waals surface area (Å²) >= 11 is 5.99. The predicted octanol–water partition coefficient (Wildman–Crippen LogP) is 4.78. The average Bonchev–Trinajstić information content (AvgIpc) is 3.27. The summed E-state index contributed by atoms with van der Waals surface area (Å²) in [6.45, 7) is 2.13. The van der Waals surface area contributed by atoms with Gasteiger partial charge in [-0.15, -0.1) is 0 Å². The first-order valence-corrected chi connectivity index (χ1v) is 10.5. The number of amidine groups is 1. The van der Waals surface area contributed by atoms with Gasteiger partial charge < -0.3 is 14.0 Å². The Morgan fingerprint density at radius 1 is 1.13 bits per heavy atom. The van der Waals surface area contributed by atoms with Crippen LogP contribution in [-0.4, -0.2) is 34.8 Å². The second-order valence-electron chi connectivity index (χ2n) is 7.32. The van der Waals surface area contributed by atoms with Crippen LogP contribution in [0.4, 0.5) is 5.69 Å². The molecule has 2 heterocycles. The van der Waals surface area contributed by atoms with Crippen LogP contribution in [-0.2, 0) is 17.7 Å². The minimum absolute atomic E-state index is 0.00246. The van der Waals surface area contributed by atoms with Gasteiger partial charge in [0.25, 0.3) is 6.02 Å². The topological polar surface area (TPSA) is 63.4 Å². The van der Waals surface area contributed by atoms with Gasteiger partial charge in [0.15, 0.2) is 0 Å². The third-order valence-corrected chi connectivity index (χ3v) is 5.36. The number of hydrogen-bond acceptors (Lipinski definition) is 4. The summed E-state index contributed by atoms with van der Waals surface area (Å²) in [6.07, 6.45) is 8.22. The van der Waals surface area contributed by atoms with E-state index in [4.69, 9.17) is 26.5 Å². The second-order valence-corrected chi connectivity index (χ2v) is 7.75. The molecule has 1 aliphatic heterocycles. The number of imidazole rings is 1. The molecule has 1 aliphatic rings. The highest BCUT2D eigenvalue weighted by Crippen LogP contribution is 2.24. The lowest BCUT2D eigenvalue weighted by atomic mass is 10.1. The lowest BCUT2D eigenvalue weighted by molar-refractivity contribution is 0.170. The van der Waals surface area contributed by atoms with Crippen LogP contribution in [0.25, 0.3) is 0 Å². The Morgan fingerprint density at radius 3 is 2.63 bits per heavy atom. The molecule has 0 spiro atoms. The quantitative estimate of drug-likeness (QED) is 0.565. The third kappa shape index (κ3) is 5.33. The van der Waals surface area contributed by atoms with Gasteiger partial charge >= 0.3 is 0 Å². The average molecular weight is 425 g/mol. The van der Waals surface area contributed by atoms with E-state index in [1.54, 1.807) is 6.20 Å². The Labute approximate surface area is 181 Å². The molecule has 30 heavy (non-hydrogen) atoms. The molecule has 0 bridgehead atoms. The van der Waals surface area contributed by atoms with Crippen molar-refractivity contribution in [2.24, 2.45) is 0 Å². The van der Waals surface area contributed by atoms with Gasteiger partial charge in [-0.3, -0.25) is 10.3 Å².